The van der Waals surface area contributed by atoms with E-state index in [0.717, 1.165) is 28.9 Å². The zero-order chi connectivity index (χ0) is 24.1. The summed E-state index contributed by atoms with van der Waals surface area (Å²) in [6, 6.07) is 20.7. The van der Waals surface area contributed by atoms with Gasteiger partial charge in [-0.25, -0.2) is 4.79 Å². The molecule has 1 amide bonds. The molecule has 7 nitrogen and oxygen atoms in total. The summed E-state index contributed by atoms with van der Waals surface area (Å²) in [7, 11) is 0. The number of anilines is 2. The van der Waals surface area contributed by atoms with Gasteiger partial charge in [0.1, 0.15) is 5.75 Å². The van der Waals surface area contributed by atoms with Crippen LogP contribution in [0.5, 0.6) is 5.75 Å². The van der Waals surface area contributed by atoms with Crippen molar-refractivity contribution in [1.82, 2.24) is 4.98 Å². The first-order chi connectivity index (χ1) is 16.5. The zero-order valence-corrected chi connectivity index (χ0v) is 18.4. The van der Waals surface area contributed by atoms with E-state index in [4.69, 9.17) is 0 Å². The number of para-hydroxylation sites is 1. The van der Waals surface area contributed by atoms with Gasteiger partial charge >= 0.3 is 35.5 Å². The maximum atomic E-state index is 13.1. The summed E-state index contributed by atoms with van der Waals surface area (Å²) in [5.41, 5.74) is 4.09. The number of pyridine rings is 1. The molecular formula is C27H24N3NaO4. The van der Waals surface area contributed by atoms with Crippen LogP contribution in [0.15, 0.2) is 85.2 Å². The zero-order valence-electron chi connectivity index (χ0n) is 18.4. The molecule has 0 fully saturated rings. The number of phenolic OH excluding ortho intramolecular Hbond substituents is 1. The fraction of sp³-hybridized carbons (Fsp3) is 0.0741. The van der Waals surface area contributed by atoms with Gasteiger partial charge in [-0.15, -0.1) is 0 Å². The molecule has 8 heteroatoms. The second kappa shape index (κ2) is 11.7. The van der Waals surface area contributed by atoms with Gasteiger partial charge in [-0.3, -0.25) is 9.78 Å². The van der Waals surface area contributed by atoms with Crippen molar-refractivity contribution in [2.45, 2.75) is 6.92 Å². The average Bonchev–Trinajstić information content (AvgIpc) is 2.85. The van der Waals surface area contributed by atoms with Crippen LogP contribution >= 0.6 is 0 Å². The first-order valence-corrected chi connectivity index (χ1v) is 10.7. The van der Waals surface area contributed by atoms with Crippen molar-refractivity contribution < 1.29 is 19.8 Å². The Balaban J connectivity index is 0.00000342. The van der Waals surface area contributed by atoms with Crippen LogP contribution in [0.4, 0.5) is 11.4 Å². The summed E-state index contributed by atoms with van der Waals surface area (Å²) in [5.74, 6) is -2.01. The third-order valence-electron chi connectivity index (χ3n) is 5.34. The molecule has 0 atom stereocenters. The number of carboxylic acid groups (broad SMARTS) is 1. The number of nitrogens with one attached hydrogen (secondary N) is 2. The van der Waals surface area contributed by atoms with Crippen LogP contribution in [0.1, 0.15) is 27.6 Å². The normalized spacial score (nSPS) is 10.2. The van der Waals surface area contributed by atoms with Gasteiger partial charge in [-0.05, 0) is 54.4 Å². The fourth-order valence-electron chi connectivity index (χ4n) is 3.70. The van der Waals surface area contributed by atoms with Gasteiger partial charge in [0, 0.05) is 35.8 Å². The van der Waals surface area contributed by atoms with Crippen LogP contribution in [0, 0.1) is 0 Å². The van der Waals surface area contributed by atoms with E-state index in [1.54, 1.807) is 42.7 Å². The molecule has 4 aromatic rings. The number of carboxylic acids is 1. The van der Waals surface area contributed by atoms with E-state index in [1.165, 1.54) is 12.1 Å². The van der Waals surface area contributed by atoms with E-state index in [1.807, 2.05) is 37.3 Å². The van der Waals surface area contributed by atoms with E-state index < -0.39 is 11.9 Å². The van der Waals surface area contributed by atoms with Crippen molar-refractivity contribution >= 4 is 52.8 Å². The molecule has 172 valence electrons. The Morgan fingerprint density at radius 2 is 1.63 bits per heavy atom. The number of amides is 1. The van der Waals surface area contributed by atoms with Crippen LogP contribution < -0.4 is 10.6 Å². The Morgan fingerprint density at radius 1 is 0.857 bits per heavy atom. The molecule has 0 saturated carbocycles. The molecule has 4 N–H and O–H groups in total. The third-order valence-corrected chi connectivity index (χ3v) is 5.34. The van der Waals surface area contributed by atoms with Crippen LogP contribution in [0.2, 0.25) is 0 Å². The van der Waals surface area contributed by atoms with Crippen LogP contribution in [-0.2, 0) is 0 Å². The summed E-state index contributed by atoms with van der Waals surface area (Å²) in [4.78, 5) is 29.0. The number of nitrogens with zero attached hydrogens (tertiary/aromatic N) is 1. The fourth-order valence-corrected chi connectivity index (χ4v) is 3.70. The molecule has 0 spiro atoms. The number of carbonyl (C=O) groups is 2. The van der Waals surface area contributed by atoms with Gasteiger partial charge in [-0.2, -0.15) is 0 Å². The van der Waals surface area contributed by atoms with Gasteiger partial charge in [0.2, 0.25) is 0 Å². The molecule has 35 heavy (non-hydrogen) atoms. The number of phenols is 1. The number of rotatable bonds is 7. The van der Waals surface area contributed by atoms with E-state index in [9.17, 15) is 19.8 Å². The SMILES string of the molecule is CCNc1ccccc1-c1ccc(C(=O)O)c(NC(=O)c2cc(-c3cccnc3)ccc2O)c1.[NaH]. The number of aromatic carboxylic acids is 1. The summed E-state index contributed by atoms with van der Waals surface area (Å²) in [6.45, 7) is 2.71. The average molecular weight is 477 g/mol. The van der Waals surface area contributed by atoms with Crippen LogP contribution in [0.3, 0.4) is 0 Å². The minimum absolute atomic E-state index is 0. The molecule has 0 unspecified atom stereocenters. The van der Waals surface area contributed by atoms with E-state index >= 15 is 0 Å². The molecular weight excluding hydrogens is 453 g/mol. The van der Waals surface area contributed by atoms with E-state index in [-0.39, 0.29) is 52.1 Å². The van der Waals surface area contributed by atoms with Crippen LogP contribution in [0.25, 0.3) is 22.3 Å². The molecule has 0 bridgehead atoms. The molecule has 3 aromatic carbocycles. The topological polar surface area (TPSA) is 112 Å². The summed E-state index contributed by atoms with van der Waals surface area (Å²) < 4.78 is 0. The molecule has 1 heterocycles. The Kier molecular flexibility index (Phi) is 8.65. The second-order valence-corrected chi connectivity index (χ2v) is 7.57. The first kappa shape index (κ1) is 26.0. The standard InChI is InChI=1S/C27H23N3O4.Na.H/c1-2-29-23-8-4-3-7-20(23)18-9-11-21(27(33)34)24(15-18)30-26(32)22-14-17(10-12-25(22)31)19-6-5-13-28-16-19;;/h3-16,29,31H,2H2,1H3,(H,30,32)(H,33,34);;. The predicted molar refractivity (Wildman–Crippen MR) is 139 cm³/mol. The Morgan fingerprint density at radius 3 is 2.34 bits per heavy atom. The molecule has 0 saturated heterocycles. The molecule has 0 aliphatic carbocycles. The molecule has 4 rings (SSSR count). The number of benzene rings is 3. The van der Waals surface area contributed by atoms with Crippen LogP contribution in [-0.4, -0.2) is 63.2 Å². The molecule has 0 aliphatic heterocycles. The Hall–Kier alpha value is -3.65. The van der Waals surface area contributed by atoms with Crippen molar-refractivity contribution in [3.8, 4) is 28.0 Å². The van der Waals surface area contributed by atoms with Gasteiger partial charge in [0.05, 0.1) is 16.8 Å². The first-order valence-electron chi connectivity index (χ1n) is 10.7. The summed E-state index contributed by atoms with van der Waals surface area (Å²) in [5, 5.41) is 26.0. The van der Waals surface area contributed by atoms with E-state index in [0.29, 0.717) is 5.56 Å². The molecule has 1 aromatic heterocycles. The van der Waals surface area contributed by atoms with Crippen molar-refractivity contribution in [1.29, 1.82) is 0 Å². The number of aromatic nitrogens is 1. The van der Waals surface area contributed by atoms with Crippen molar-refractivity contribution in [2.24, 2.45) is 0 Å². The van der Waals surface area contributed by atoms with Gasteiger partial charge in [0.25, 0.3) is 5.91 Å². The number of hydrogen-bond donors (Lipinski definition) is 4. The van der Waals surface area contributed by atoms with Gasteiger partial charge in [0.15, 0.2) is 0 Å². The van der Waals surface area contributed by atoms with E-state index in [2.05, 4.69) is 15.6 Å². The summed E-state index contributed by atoms with van der Waals surface area (Å²) >= 11 is 0. The van der Waals surface area contributed by atoms with Crippen molar-refractivity contribution in [2.75, 3.05) is 17.2 Å². The number of hydrogen-bond acceptors (Lipinski definition) is 5. The Labute approximate surface area is 225 Å². The minimum atomic E-state index is -1.17. The Bertz CT molecular complexity index is 1360. The monoisotopic (exact) mass is 477 g/mol. The van der Waals surface area contributed by atoms with Gasteiger partial charge < -0.3 is 20.8 Å². The van der Waals surface area contributed by atoms with Crippen molar-refractivity contribution in [3.05, 3.63) is 96.3 Å². The van der Waals surface area contributed by atoms with Crippen molar-refractivity contribution in [3.63, 3.8) is 0 Å². The quantitative estimate of drug-likeness (QED) is 0.283. The second-order valence-electron chi connectivity index (χ2n) is 7.57. The third kappa shape index (κ3) is 5.89. The summed E-state index contributed by atoms with van der Waals surface area (Å²) in [6.07, 6.45) is 3.30. The van der Waals surface area contributed by atoms with Gasteiger partial charge in [-0.1, -0.05) is 36.4 Å². The maximum absolute atomic E-state index is 13.1. The molecule has 0 radical (unpaired) electrons. The molecule has 0 aliphatic rings. The number of carbonyl (C=O) groups excluding carboxylic acids is 1. The number of aromatic hydroxyl groups is 1. The predicted octanol–water partition coefficient (Wildman–Crippen LogP) is 4.86.